The molecule has 0 amide bonds. The molecule has 40 heavy (non-hydrogen) atoms. The lowest BCUT2D eigenvalue weighted by molar-refractivity contribution is 0.568. The molecular weight excluding hydrogens is 486 g/mol. The zero-order valence-electron chi connectivity index (χ0n) is 23.1. The number of fused-ring (bicyclic) bond motifs is 4. The van der Waals surface area contributed by atoms with Crippen LogP contribution in [0.25, 0.3) is 43.8 Å². The van der Waals surface area contributed by atoms with Gasteiger partial charge in [0.2, 0.25) is 0 Å². The fraction of sp³-hybridized carbons (Fsp3) is 0.105. The summed E-state index contributed by atoms with van der Waals surface area (Å²) in [4.78, 5) is 2.37. The van der Waals surface area contributed by atoms with E-state index >= 15 is 0 Å². The summed E-state index contributed by atoms with van der Waals surface area (Å²) in [6, 6.07) is 47.5. The summed E-state index contributed by atoms with van der Waals surface area (Å²) in [5.41, 5.74) is 6.51. The fourth-order valence-corrected chi connectivity index (χ4v) is 6.00. The van der Waals surface area contributed by atoms with Gasteiger partial charge in [0.15, 0.2) is 0 Å². The molecule has 6 aromatic carbocycles. The van der Waals surface area contributed by atoms with Crippen molar-refractivity contribution in [1.29, 1.82) is 0 Å². The molecule has 0 aliphatic heterocycles. The lowest BCUT2D eigenvalue weighted by Gasteiger charge is -2.28. The van der Waals surface area contributed by atoms with E-state index < -0.39 is 0 Å². The predicted octanol–water partition coefficient (Wildman–Crippen LogP) is 11.2. The quantitative estimate of drug-likeness (QED) is 0.216. The van der Waals surface area contributed by atoms with Crippen molar-refractivity contribution in [2.45, 2.75) is 26.2 Å². The van der Waals surface area contributed by atoms with Gasteiger partial charge < -0.3 is 9.32 Å². The summed E-state index contributed by atoms with van der Waals surface area (Å²) in [6.07, 6.45) is 0. The lowest BCUT2D eigenvalue weighted by Crippen LogP contribution is -2.12. The van der Waals surface area contributed by atoms with Gasteiger partial charge in [0, 0.05) is 33.3 Å². The highest BCUT2D eigenvalue weighted by Crippen LogP contribution is 2.45. The van der Waals surface area contributed by atoms with Crippen molar-refractivity contribution >= 4 is 49.6 Å². The molecular formula is C38H31NO. The third kappa shape index (κ3) is 4.04. The molecule has 0 aliphatic rings. The summed E-state index contributed by atoms with van der Waals surface area (Å²) in [7, 11) is 0. The van der Waals surface area contributed by atoms with E-state index in [9.17, 15) is 0 Å². The Kier molecular flexibility index (Phi) is 5.71. The normalized spacial score (nSPS) is 11.9. The summed E-state index contributed by atoms with van der Waals surface area (Å²) in [5.74, 6) is 0.937. The first-order valence-electron chi connectivity index (χ1n) is 13.9. The van der Waals surface area contributed by atoms with Gasteiger partial charge in [-0.3, -0.25) is 0 Å². The van der Waals surface area contributed by atoms with Crippen LogP contribution in [0, 0.1) is 0 Å². The number of benzene rings is 6. The number of hydrogen-bond acceptors (Lipinski definition) is 2. The molecule has 7 rings (SSSR count). The van der Waals surface area contributed by atoms with Gasteiger partial charge in [-0.25, -0.2) is 0 Å². The van der Waals surface area contributed by atoms with Crippen LogP contribution in [0.3, 0.4) is 0 Å². The molecule has 194 valence electrons. The third-order valence-electron chi connectivity index (χ3n) is 7.71. The number of furan rings is 1. The second kappa shape index (κ2) is 9.43. The molecule has 0 saturated heterocycles. The maximum atomic E-state index is 6.57. The monoisotopic (exact) mass is 517 g/mol. The second-order valence-electron chi connectivity index (χ2n) is 11.4. The lowest BCUT2D eigenvalue weighted by atomic mass is 9.83. The van der Waals surface area contributed by atoms with Crippen molar-refractivity contribution < 1.29 is 4.42 Å². The maximum absolute atomic E-state index is 6.57. The Morgan fingerprint density at radius 1 is 0.525 bits per heavy atom. The Balaban J connectivity index is 1.49. The molecule has 0 radical (unpaired) electrons. The Morgan fingerprint density at radius 2 is 1.15 bits per heavy atom. The average molecular weight is 518 g/mol. The zero-order chi connectivity index (χ0) is 27.3. The Bertz CT molecular complexity index is 1990. The van der Waals surface area contributed by atoms with E-state index in [-0.39, 0.29) is 5.41 Å². The number of nitrogens with zero attached hydrogens (tertiary/aromatic N) is 1. The van der Waals surface area contributed by atoms with Gasteiger partial charge in [0.25, 0.3) is 0 Å². The second-order valence-corrected chi connectivity index (χ2v) is 11.4. The van der Waals surface area contributed by atoms with Crippen molar-refractivity contribution in [2.75, 3.05) is 4.90 Å². The molecule has 0 saturated carbocycles. The summed E-state index contributed by atoms with van der Waals surface area (Å²) < 4.78 is 6.57. The standard InChI is InChI=1S/C38H31NO/c1-38(2,3)36-33-22-11-12-23-35(33)40-37(36)27-15-13-18-29(24-27)39(28-16-5-4-6-17-28)34-25-26-14-7-8-19-30(26)31-20-9-10-21-32(31)34/h4-25H,1-3H3. The smallest absolute Gasteiger partial charge is 0.139 e. The predicted molar refractivity (Wildman–Crippen MR) is 170 cm³/mol. The van der Waals surface area contributed by atoms with Gasteiger partial charge in [-0.15, -0.1) is 0 Å². The van der Waals surface area contributed by atoms with Crippen LogP contribution < -0.4 is 4.90 Å². The van der Waals surface area contributed by atoms with Crippen LogP contribution in [-0.2, 0) is 5.41 Å². The molecule has 0 N–H and O–H groups in total. The van der Waals surface area contributed by atoms with Crippen molar-refractivity contribution in [3.8, 4) is 11.3 Å². The van der Waals surface area contributed by atoms with E-state index in [0.717, 1.165) is 34.0 Å². The van der Waals surface area contributed by atoms with Crippen molar-refractivity contribution in [3.05, 3.63) is 139 Å². The van der Waals surface area contributed by atoms with E-state index in [0.29, 0.717) is 0 Å². The molecule has 0 spiro atoms. The van der Waals surface area contributed by atoms with E-state index in [1.807, 2.05) is 6.07 Å². The zero-order valence-corrected chi connectivity index (χ0v) is 23.1. The van der Waals surface area contributed by atoms with Crippen LogP contribution in [0.5, 0.6) is 0 Å². The van der Waals surface area contributed by atoms with Gasteiger partial charge in [-0.05, 0) is 58.0 Å². The molecule has 1 aromatic heterocycles. The number of rotatable bonds is 4. The number of anilines is 3. The first-order valence-corrected chi connectivity index (χ1v) is 13.9. The largest absolute Gasteiger partial charge is 0.456 e. The number of para-hydroxylation sites is 2. The van der Waals surface area contributed by atoms with Crippen LogP contribution in [0.2, 0.25) is 0 Å². The minimum atomic E-state index is -0.0778. The molecule has 0 atom stereocenters. The molecule has 7 aromatic rings. The van der Waals surface area contributed by atoms with Gasteiger partial charge in [-0.2, -0.15) is 0 Å². The molecule has 2 nitrogen and oxygen atoms in total. The number of hydrogen-bond donors (Lipinski definition) is 0. The van der Waals surface area contributed by atoms with Gasteiger partial charge in [-0.1, -0.05) is 118 Å². The first kappa shape index (κ1) is 24.2. The van der Waals surface area contributed by atoms with E-state index in [2.05, 4.69) is 153 Å². The van der Waals surface area contributed by atoms with Gasteiger partial charge in [0.05, 0.1) is 5.69 Å². The highest BCUT2D eigenvalue weighted by Gasteiger charge is 2.27. The van der Waals surface area contributed by atoms with Crippen molar-refractivity contribution in [2.24, 2.45) is 0 Å². The van der Waals surface area contributed by atoms with Crippen LogP contribution in [0.15, 0.2) is 138 Å². The molecule has 2 heteroatoms. The Morgan fingerprint density at radius 3 is 1.93 bits per heavy atom. The summed E-state index contributed by atoms with van der Waals surface area (Å²) in [6.45, 7) is 6.78. The minimum absolute atomic E-state index is 0.0778. The Hall–Kier alpha value is -4.82. The van der Waals surface area contributed by atoms with E-state index in [1.54, 1.807) is 0 Å². The third-order valence-corrected chi connectivity index (χ3v) is 7.71. The van der Waals surface area contributed by atoms with E-state index in [1.165, 1.54) is 32.5 Å². The molecule has 0 aliphatic carbocycles. The highest BCUT2D eigenvalue weighted by atomic mass is 16.3. The topological polar surface area (TPSA) is 16.4 Å². The van der Waals surface area contributed by atoms with Crippen molar-refractivity contribution in [1.82, 2.24) is 0 Å². The Labute approximate surface area is 235 Å². The average Bonchev–Trinajstić information content (AvgIpc) is 3.39. The van der Waals surface area contributed by atoms with Gasteiger partial charge in [0.1, 0.15) is 11.3 Å². The summed E-state index contributed by atoms with van der Waals surface area (Å²) >= 11 is 0. The van der Waals surface area contributed by atoms with E-state index in [4.69, 9.17) is 4.42 Å². The summed E-state index contributed by atoms with van der Waals surface area (Å²) in [5, 5.41) is 6.13. The molecule has 0 fully saturated rings. The SMILES string of the molecule is CC(C)(C)c1c(-c2cccc(N(c3ccccc3)c3cc4ccccc4c4ccccc34)c2)oc2ccccc12. The fourth-order valence-electron chi connectivity index (χ4n) is 6.00. The van der Waals surface area contributed by atoms with Crippen LogP contribution in [0.4, 0.5) is 17.1 Å². The van der Waals surface area contributed by atoms with Gasteiger partial charge >= 0.3 is 0 Å². The van der Waals surface area contributed by atoms with Crippen LogP contribution >= 0.6 is 0 Å². The van der Waals surface area contributed by atoms with Crippen LogP contribution in [0.1, 0.15) is 26.3 Å². The molecule has 0 bridgehead atoms. The highest BCUT2D eigenvalue weighted by molar-refractivity contribution is 6.14. The minimum Gasteiger partial charge on any atom is -0.456 e. The molecule has 1 heterocycles. The maximum Gasteiger partial charge on any atom is 0.139 e. The van der Waals surface area contributed by atoms with Crippen LogP contribution in [-0.4, -0.2) is 0 Å². The van der Waals surface area contributed by atoms with Crippen molar-refractivity contribution in [3.63, 3.8) is 0 Å². The first-order chi connectivity index (χ1) is 19.5. The molecule has 0 unspecified atom stereocenters.